The summed E-state index contributed by atoms with van der Waals surface area (Å²) >= 11 is 6.62. The van der Waals surface area contributed by atoms with Crippen LogP contribution < -0.4 is 0 Å². The first kappa shape index (κ1) is 13.5. The lowest BCUT2D eigenvalue weighted by Gasteiger charge is -2.16. The molecule has 1 heteroatoms. The quantitative estimate of drug-likeness (QED) is 0.499. The predicted octanol–water partition coefficient (Wildman–Crippen LogP) is 6.24. The lowest BCUT2D eigenvalue weighted by molar-refractivity contribution is 0.564. The molecule has 1 atom stereocenters. The fourth-order valence-corrected chi connectivity index (χ4v) is 3.21. The van der Waals surface area contributed by atoms with Crippen molar-refractivity contribution >= 4 is 33.1 Å². The van der Waals surface area contributed by atoms with Crippen LogP contribution in [-0.2, 0) is 6.42 Å². The maximum atomic E-state index is 6.62. The van der Waals surface area contributed by atoms with Crippen molar-refractivity contribution in [2.24, 2.45) is 5.92 Å². The van der Waals surface area contributed by atoms with Crippen molar-refractivity contribution in [3.05, 3.63) is 59.1 Å². The molecule has 3 aromatic rings. The molecule has 0 aliphatic rings. The number of halogens is 1. The molecule has 102 valence electrons. The number of fused-ring (bicyclic) bond motifs is 2. The van der Waals surface area contributed by atoms with E-state index in [1.807, 2.05) is 0 Å². The van der Waals surface area contributed by atoms with Crippen molar-refractivity contribution in [3.63, 3.8) is 0 Å². The van der Waals surface area contributed by atoms with E-state index in [4.69, 9.17) is 11.6 Å². The third-order valence-electron chi connectivity index (χ3n) is 4.23. The Hall–Kier alpha value is -1.53. The maximum absolute atomic E-state index is 6.62. The summed E-state index contributed by atoms with van der Waals surface area (Å²) in [6.45, 7) is 4.57. The zero-order chi connectivity index (χ0) is 14.1. The van der Waals surface area contributed by atoms with Crippen LogP contribution in [0, 0.1) is 5.92 Å². The molecule has 3 rings (SSSR count). The highest BCUT2D eigenvalue weighted by Crippen LogP contribution is 2.37. The highest BCUT2D eigenvalue weighted by Gasteiger charge is 2.13. The van der Waals surface area contributed by atoms with E-state index in [1.165, 1.54) is 33.5 Å². The minimum atomic E-state index is 0.683. The van der Waals surface area contributed by atoms with Crippen LogP contribution >= 0.6 is 11.6 Å². The van der Waals surface area contributed by atoms with E-state index < -0.39 is 0 Å². The zero-order valence-electron chi connectivity index (χ0n) is 12.0. The van der Waals surface area contributed by atoms with Crippen LogP contribution in [-0.4, -0.2) is 0 Å². The van der Waals surface area contributed by atoms with Gasteiger partial charge in [-0.15, -0.1) is 0 Å². The van der Waals surface area contributed by atoms with Crippen LogP contribution in [0.2, 0.25) is 5.02 Å². The Kier molecular flexibility index (Phi) is 3.67. The molecular formula is C19H19Cl. The number of hydrogen-bond donors (Lipinski definition) is 0. The molecule has 0 spiro atoms. The molecule has 0 nitrogen and oxygen atoms in total. The lowest BCUT2D eigenvalue weighted by Crippen LogP contribution is -2.00. The second-order valence-corrected chi connectivity index (χ2v) is 5.98. The minimum Gasteiger partial charge on any atom is -0.0830 e. The Morgan fingerprint density at radius 3 is 1.75 bits per heavy atom. The van der Waals surface area contributed by atoms with Gasteiger partial charge in [-0.3, -0.25) is 0 Å². The summed E-state index contributed by atoms with van der Waals surface area (Å²) in [6, 6.07) is 17.0. The normalized spacial score (nSPS) is 12.9. The minimum absolute atomic E-state index is 0.683. The zero-order valence-corrected chi connectivity index (χ0v) is 12.7. The summed E-state index contributed by atoms with van der Waals surface area (Å²) in [5, 5.41) is 5.83. The number of rotatable bonds is 3. The topological polar surface area (TPSA) is 0 Å². The summed E-state index contributed by atoms with van der Waals surface area (Å²) in [7, 11) is 0. The SMILES string of the molecule is CCC(C)Cc1c2ccccc2c(Cl)c2ccccc12. The molecule has 20 heavy (non-hydrogen) atoms. The molecule has 0 saturated heterocycles. The van der Waals surface area contributed by atoms with Gasteiger partial charge in [0.1, 0.15) is 0 Å². The van der Waals surface area contributed by atoms with Crippen molar-refractivity contribution in [1.29, 1.82) is 0 Å². The van der Waals surface area contributed by atoms with Gasteiger partial charge in [0, 0.05) is 10.8 Å². The molecular weight excluding hydrogens is 264 g/mol. The van der Waals surface area contributed by atoms with Gasteiger partial charge in [-0.05, 0) is 28.7 Å². The Bertz CT molecular complexity index is 701. The molecule has 0 amide bonds. The second-order valence-electron chi connectivity index (χ2n) is 5.60. The predicted molar refractivity (Wildman–Crippen MR) is 89.6 cm³/mol. The molecule has 0 aromatic heterocycles. The van der Waals surface area contributed by atoms with Crippen molar-refractivity contribution in [2.45, 2.75) is 26.7 Å². The van der Waals surface area contributed by atoms with E-state index in [-0.39, 0.29) is 0 Å². The third-order valence-corrected chi connectivity index (χ3v) is 4.63. The highest BCUT2D eigenvalue weighted by atomic mass is 35.5. The number of benzene rings is 3. The summed E-state index contributed by atoms with van der Waals surface area (Å²) in [6.07, 6.45) is 2.31. The average molecular weight is 283 g/mol. The van der Waals surface area contributed by atoms with Gasteiger partial charge in [0.2, 0.25) is 0 Å². The monoisotopic (exact) mass is 282 g/mol. The largest absolute Gasteiger partial charge is 0.0830 e. The summed E-state index contributed by atoms with van der Waals surface area (Å²) in [5.74, 6) is 0.683. The highest BCUT2D eigenvalue weighted by molar-refractivity contribution is 6.41. The second kappa shape index (κ2) is 5.46. The maximum Gasteiger partial charge on any atom is 0.0562 e. The Labute approximate surface area is 125 Å². The molecule has 0 aliphatic heterocycles. The van der Waals surface area contributed by atoms with Crippen LogP contribution in [0.4, 0.5) is 0 Å². The molecule has 0 bridgehead atoms. The lowest BCUT2D eigenvalue weighted by atomic mass is 9.90. The third kappa shape index (κ3) is 2.19. The fourth-order valence-electron chi connectivity index (χ4n) is 2.88. The molecule has 0 radical (unpaired) electrons. The van der Waals surface area contributed by atoms with Crippen LogP contribution in [0.5, 0.6) is 0 Å². The van der Waals surface area contributed by atoms with Crippen LogP contribution in [0.1, 0.15) is 25.8 Å². The van der Waals surface area contributed by atoms with Gasteiger partial charge >= 0.3 is 0 Å². The van der Waals surface area contributed by atoms with Crippen molar-refractivity contribution in [3.8, 4) is 0 Å². The summed E-state index contributed by atoms with van der Waals surface area (Å²) in [5.41, 5.74) is 1.44. The van der Waals surface area contributed by atoms with Crippen molar-refractivity contribution < 1.29 is 0 Å². The van der Waals surface area contributed by atoms with E-state index in [2.05, 4.69) is 62.4 Å². The summed E-state index contributed by atoms with van der Waals surface area (Å²) < 4.78 is 0. The molecule has 0 N–H and O–H groups in total. The van der Waals surface area contributed by atoms with Gasteiger partial charge in [0.15, 0.2) is 0 Å². The summed E-state index contributed by atoms with van der Waals surface area (Å²) in [4.78, 5) is 0. The molecule has 3 aromatic carbocycles. The van der Waals surface area contributed by atoms with Crippen molar-refractivity contribution in [1.82, 2.24) is 0 Å². The fraction of sp³-hybridized carbons (Fsp3) is 0.263. The first-order valence-corrected chi connectivity index (χ1v) is 7.68. The molecule has 0 saturated carbocycles. The van der Waals surface area contributed by atoms with Gasteiger partial charge in [-0.1, -0.05) is 80.4 Å². The van der Waals surface area contributed by atoms with Crippen molar-refractivity contribution in [2.75, 3.05) is 0 Å². The van der Waals surface area contributed by atoms with E-state index in [0.29, 0.717) is 5.92 Å². The van der Waals surface area contributed by atoms with Crippen LogP contribution in [0.3, 0.4) is 0 Å². The van der Waals surface area contributed by atoms with Gasteiger partial charge in [0.25, 0.3) is 0 Å². The van der Waals surface area contributed by atoms with E-state index in [9.17, 15) is 0 Å². The van der Waals surface area contributed by atoms with Crippen LogP contribution in [0.25, 0.3) is 21.5 Å². The molecule has 0 fully saturated rings. The number of hydrogen-bond acceptors (Lipinski definition) is 0. The first-order valence-electron chi connectivity index (χ1n) is 7.30. The van der Waals surface area contributed by atoms with Gasteiger partial charge < -0.3 is 0 Å². The molecule has 0 heterocycles. The molecule has 1 unspecified atom stereocenters. The standard InChI is InChI=1S/C19H19Cl/c1-3-13(2)12-18-14-8-4-6-10-16(14)19(20)17-11-7-5-9-15(17)18/h4-11,13H,3,12H2,1-2H3. The van der Waals surface area contributed by atoms with Gasteiger partial charge in [-0.25, -0.2) is 0 Å². The van der Waals surface area contributed by atoms with E-state index in [0.717, 1.165) is 11.4 Å². The Morgan fingerprint density at radius 1 is 0.850 bits per heavy atom. The van der Waals surface area contributed by atoms with E-state index >= 15 is 0 Å². The van der Waals surface area contributed by atoms with Crippen LogP contribution in [0.15, 0.2) is 48.5 Å². The Balaban J connectivity index is 2.40. The van der Waals surface area contributed by atoms with Gasteiger partial charge in [0.05, 0.1) is 5.02 Å². The smallest absolute Gasteiger partial charge is 0.0562 e. The average Bonchev–Trinajstić information content (AvgIpc) is 2.51. The molecule has 0 aliphatic carbocycles. The van der Waals surface area contributed by atoms with E-state index in [1.54, 1.807) is 0 Å². The first-order chi connectivity index (χ1) is 9.72. The Morgan fingerprint density at radius 2 is 1.30 bits per heavy atom. The van der Waals surface area contributed by atoms with Gasteiger partial charge in [-0.2, -0.15) is 0 Å².